The van der Waals surface area contributed by atoms with E-state index in [1.807, 2.05) is 7.05 Å². The maximum Gasteiger partial charge on any atom is 0.338 e. The Bertz CT molecular complexity index is 421. The molecule has 1 aromatic rings. The lowest BCUT2D eigenvalue weighted by molar-refractivity contribution is -0.116. The molecule has 0 aliphatic rings. The van der Waals surface area contributed by atoms with Crippen molar-refractivity contribution in [3.05, 3.63) is 29.8 Å². The molecule has 1 amide bonds. The highest BCUT2D eigenvalue weighted by molar-refractivity contribution is 5.93. The summed E-state index contributed by atoms with van der Waals surface area (Å²) >= 11 is 0. The topological polar surface area (TPSA) is 67.4 Å². The van der Waals surface area contributed by atoms with Crippen molar-refractivity contribution < 1.29 is 14.3 Å². The summed E-state index contributed by atoms with van der Waals surface area (Å²) in [6.45, 7) is 2.93. The predicted molar refractivity (Wildman–Crippen MR) is 81.4 cm³/mol. The van der Waals surface area contributed by atoms with Crippen LogP contribution < -0.4 is 10.6 Å². The molecular weight excluding hydrogens is 280 g/mol. The van der Waals surface area contributed by atoms with Crippen LogP contribution in [0.4, 0.5) is 5.69 Å². The van der Waals surface area contributed by atoms with E-state index in [0.717, 1.165) is 13.0 Å². The van der Waals surface area contributed by atoms with Gasteiger partial charge in [-0.05, 0) is 51.2 Å². The van der Waals surface area contributed by atoms with Gasteiger partial charge in [-0.3, -0.25) is 4.79 Å². The fourth-order valence-corrected chi connectivity index (χ4v) is 1.55. The standard InChI is InChI=1S/C14H20N2O3.ClH/c1-3-19-14(18)11-6-8-12(9-7-11)16-13(17)5-4-10-15-2;/h6-9,15H,3-5,10H2,1-2H3,(H,16,17);1H. The quantitative estimate of drug-likeness (QED) is 0.598. The maximum atomic E-state index is 11.6. The summed E-state index contributed by atoms with van der Waals surface area (Å²) in [5.41, 5.74) is 1.16. The normalized spacial score (nSPS) is 9.50. The minimum atomic E-state index is -0.352. The molecule has 0 radical (unpaired) electrons. The van der Waals surface area contributed by atoms with E-state index in [9.17, 15) is 9.59 Å². The Labute approximate surface area is 125 Å². The number of anilines is 1. The molecule has 1 aromatic carbocycles. The summed E-state index contributed by atoms with van der Waals surface area (Å²) in [6.07, 6.45) is 1.27. The first kappa shape index (κ1) is 18.4. The van der Waals surface area contributed by atoms with E-state index in [2.05, 4.69) is 10.6 Å². The summed E-state index contributed by atoms with van der Waals surface area (Å²) in [5.74, 6) is -0.381. The smallest absolute Gasteiger partial charge is 0.338 e. The van der Waals surface area contributed by atoms with Crippen molar-refractivity contribution in [1.29, 1.82) is 0 Å². The van der Waals surface area contributed by atoms with Gasteiger partial charge < -0.3 is 15.4 Å². The number of benzene rings is 1. The molecule has 6 heteroatoms. The van der Waals surface area contributed by atoms with Crippen LogP contribution in [0.5, 0.6) is 0 Å². The highest BCUT2D eigenvalue weighted by Gasteiger charge is 2.06. The fraction of sp³-hybridized carbons (Fsp3) is 0.429. The molecule has 5 nitrogen and oxygen atoms in total. The van der Waals surface area contributed by atoms with Gasteiger partial charge in [-0.15, -0.1) is 12.4 Å². The predicted octanol–water partition coefficient (Wildman–Crippen LogP) is 2.22. The van der Waals surface area contributed by atoms with Crippen LogP contribution >= 0.6 is 12.4 Å². The number of nitrogens with one attached hydrogen (secondary N) is 2. The summed E-state index contributed by atoms with van der Waals surface area (Å²) in [7, 11) is 1.85. The minimum Gasteiger partial charge on any atom is -0.462 e. The molecule has 0 unspecified atom stereocenters. The van der Waals surface area contributed by atoms with Crippen molar-refractivity contribution in [2.24, 2.45) is 0 Å². The Morgan fingerprint density at radius 2 is 1.85 bits per heavy atom. The molecule has 0 atom stereocenters. The van der Waals surface area contributed by atoms with Gasteiger partial charge in [0.25, 0.3) is 0 Å². The van der Waals surface area contributed by atoms with Crippen LogP contribution in [-0.2, 0) is 9.53 Å². The highest BCUT2D eigenvalue weighted by atomic mass is 35.5. The first-order valence-electron chi connectivity index (χ1n) is 6.39. The van der Waals surface area contributed by atoms with E-state index >= 15 is 0 Å². The van der Waals surface area contributed by atoms with Crippen LogP contribution in [0.2, 0.25) is 0 Å². The van der Waals surface area contributed by atoms with Crippen LogP contribution in [0, 0.1) is 0 Å². The monoisotopic (exact) mass is 300 g/mol. The second-order valence-corrected chi connectivity index (χ2v) is 4.05. The minimum absolute atomic E-state index is 0. The van der Waals surface area contributed by atoms with Gasteiger partial charge in [0.05, 0.1) is 12.2 Å². The van der Waals surface area contributed by atoms with Gasteiger partial charge >= 0.3 is 5.97 Å². The van der Waals surface area contributed by atoms with Crippen molar-refractivity contribution in [2.75, 3.05) is 25.5 Å². The Hall–Kier alpha value is -1.59. The van der Waals surface area contributed by atoms with Crippen molar-refractivity contribution in [2.45, 2.75) is 19.8 Å². The van der Waals surface area contributed by atoms with Gasteiger partial charge in [0.2, 0.25) is 5.91 Å². The average molecular weight is 301 g/mol. The number of amides is 1. The summed E-state index contributed by atoms with van der Waals surface area (Å²) in [5, 5.41) is 5.77. The molecule has 0 spiro atoms. The lowest BCUT2D eigenvalue weighted by Crippen LogP contribution is -2.15. The average Bonchev–Trinajstić information content (AvgIpc) is 2.40. The molecule has 0 saturated carbocycles. The third-order valence-corrected chi connectivity index (χ3v) is 2.51. The van der Waals surface area contributed by atoms with Crippen molar-refractivity contribution in [1.82, 2.24) is 5.32 Å². The SMILES string of the molecule is CCOC(=O)c1ccc(NC(=O)CCCNC)cc1.Cl. The van der Waals surface area contributed by atoms with Crippen LogP contribution in [0.15, 0.2) is 24.3 Å². The second kappa shape index (κ2) is 10.2. The van der Waals surface area contributed by atoms with Crippen LogP contribution in [0.3, 0.4) is 0 Å². The molecule has 0 bridgehead atoms. The van der Waals surface area contributed by atoms with Crippen LogP contribution in [0.25, 0.3) is 0 Å². The highest BCUT2D eigenvalue weighted by Crippen LogP contribution is 2.11. The number of hydrogen-bond donors (Lipinski definition) is 2. The molecule has 0 aliphatic heterocycles. The summed E-state index contributed by atoms with van der Waals surface area (Å²) in [6, 6.07) is 6.67. The van der Waals surface area contributed by atoms with Gasteiger partial charge in [-0.25, -0.2) is 4.79 Å². The lowest BCUT2D eigenvalue weighted by Gasteiger charge is -2.06. The largest absolute Gasteiger partial charge is 0.462 e. The molecule has 2 N–H and O–H groups in total. The van der Waals surface area contributed by atoms with Gasteiger partial charge in [0.1, 0.15) is 0 Å². The third kappa shape index (κ3) is 6.54. The summed E-state index contributed by atoms with van der Waals surface area (Å²) in [4.78, 5) is 23.0. The number of carbonyl (C=O) groups excluding carboxylic acids is 2. The third-order valence-electron chi connectivity index (χ3n) is 2.51. The molecule has 0 aromatic heterocycles. The van der Waals surface area contributed by atoms with Gasteiger partial charge in [-0.1, -0.05) is 0 Å². The zero-order valence-electron chi connectivity index (χ0n) is 11.8. The first-order chi connectivity index (χ1) is 9.17. The van der Waals surface area contributed by atoms with Crippen LogP contribution in [-0.4, -0.2) is 32.1 Å². The Kier molecular flexibility index (Phi) is 9.41. The molecule has 1 rings (SSSR count). The zero-order chi connectivity index (χ0) is 14.1. The Morgan fingerprint density at radius 3 is 2.40 bits per heavy atom. The molecule has 0 aliphatic carbocycles. The number of hydrogen-bond acceptors (Lipinski definition) is 4. The molecule has 20 heavy (non-hydrogen) atoms. The molecule has 0 heterocycles. The van der Waals surface area contributed by atoms with E-state index in [4.69, 9.17) is 4.74 Å². The lowest BCUT2D eigenvalue weighted by atomic mass is 10.2. The maximum absolute atomic E-state index is 11.6. The van der Waals surface area contributed by atoms with Gasteiger partial charge in [-0.2, -0.15) is 0 Å². The molecule has 0 saturated heterocycles. The number of carbonyl (C=O) groups is 2. The molecule has 0 fully saturated rings. The Balaban J connectivity index is 0.00000361. The van der Waals surface area contributed by atoms with E-state index in [0.29, 0.717) is 24.3 Å². The van der Waals surface area contributed by atoms with Gasteiger partial charge in [0.15, 0.2) is 0 Å². The fourth-order valence-electron chi connectivity index (χ4n) is 1.55. The molecular formula is C14H21ClN2O3. The molecule has 112 valence electrons. The second-order valence-electron chi connectivity index (χ2n) is 4.05. The number of esters is 1. The number of rotatable bonds is 7. The van der Waals surface area contributed by atoms with Crippen molar-refractivity contribution >= 4 is 30.0 Å². The van der Waals surface area contributed by atoms with Crippen molar-refractivity contribution in [3.8, 4) is 0 Å². The zero-order valence-corrected chi connectivity index (χ0v) is 12.6. The number of ether oxygens (including phenoxy) is 1. The van der Waals surface area contributed by atoms with Crippen LogP contribution in [0.1, 0.15) is 30.1 Å². The van der Waals surface area contributed by atoms with Crippen molar-refractivity contribution in [3.63, 3.8) is 0 Å². The summed E-state index contributed by atoms with van der Waals surface area (Å²) < 4.78 is 4.88. The van der Waals surface area contributed by atoms with E-state index in [1.165, 1.54) is 0 Å². The number of halogens is 1. The van der Waals surface area contributed by atoms with E-state index in [-0.39, 0.29) is 24.3 Å². The Morgan fingerprint density at radius 1 is 1.20 bits per heavy atom. The first-order valence-corrected chi connectivity index (χ1v) is 6.39. The van der Waals surface area contributed by atoms with E-state index < -0.39 is 0 Å². The van der Waals surface area contributed by atoms with E-state index in [1.54, 1.807) is 31.2 Å². The van der Waals surface area contributed by atoms with Gasteiger partial charge in [0, 0.05) is 12.1 Å².